The van der Waals surface area contributed by atoms with E-state index in [9.17, 15) is 0 Å². The van der Waals surface area contributed by atoms with Crippen LogP contribution in [0.4, 0.5) is 11.8 Å². The number of anilines is 2. The molecule has 0 fully saturated rings. The maximum atomic E-state index is 5.94. The lowest BCUT2D eigenvalue weighted by Crippen LogP contribution is -2.07. The minimum Gasteiger partial charge on any atom is -0.383 e. The molecule has 0 bridgehead atoms. The largest absolute Gasteiger partial charge is 0.383 e. The highest BCUT2D eigenvalue weighted by Gasteiger charge is 2.03. The minimum absolute atomic E-state index is 0. The monoisotopic (exact) mass is 309 g/mol. The summed E-state index contributed by atoms with van der Waals surface area (Å²) in [5.41, 5.74) is 12.3. The van der Waals surface area contributed by atoms with E-state index in [0.29, 0.717) is 11.8 Å². The summed E-state index contributed by atoms with van der Waals surface area (Å²) in [6.45, 7) is 1.67. The standard InChI is InChI=1S/C15H23N5.ClH/c16-10-6-2-1-3-7-11-18-15-19-13-9-5-4-8-12(13)14(17)20-15;/h4-5,8-9H,1-3,6-7,10-11,16H2,(H3,17,18,19,20);1H. The zero-order valence-electron chi connectivity index (χ0n) is 12.2. The molecule has 5 N–H and O–H groups in total. The molecule has 2 aromatic rings. The number of unbranched alkanes of at least 4 members (excludes halogenated alkanes) is 4. The first-order valence-corrected chi connectivity index (χ1v) is 7.27. The van der Waals surface area contributed by atoms with Gasteiger partial charge in [-0.15, -0.1) is 12.4 Å². The lowest BCUT2D eigenvalue weighted by molar-refractivity contribution is 0.628. The molecule has 0 amide bonds. The van der Waals surface area contributed by atoms with Gasteiger partial charge in [0.2, 0.25) is 5.95 Å². The molecule has 0 unspecified atom stereocenters. The fraction of sp³-hybridized carbons (Fsp3) is 0.467. The van der Waals surface area contributed by atoms with Crippen molar-refractivity contribution in [2.24, 2.45) is 5.73 Å². The highest BCUT2D eigenvalue weighted by molar-refractivity contribution is 5.88. The van der Waals surface area contributed by atoms with Gasteiger partial charge in [0.05, 0.1) is 5.52 Å². The van der Waals surface area contributed by atoms with Crippen molar-refractivity contribution in [1.82, 2.24) is 9.97 Å². The number of nitrogens with two attached hydrogens (primary N) is 2. The molecule has 1 aromatic carbocycles. The molecular formula is C15H24ClN5. The maximum absolute atomic E-state index is 5.94. The third-order valence-electron chi connectivity index (χ3n) is 3.30. The number of aromatic nitrogens is 2. The molecule has 0 spiro atoms. The topological polar surface area (TPSA) is 89.8 Å². The lowest BCUT2D eigenvalue weighted by atomic mass is 10.1. The van der Waals surface area contributed by atoms with Crippen molar-refractivity contribution in [2.45, 2.75) is 32.1 Å². The number of hydrogen-bond donors (Lipinski definition) is 3. The van der Waals surface area contributed by atoms with Crippen LogP contribution in [0, 0.1) is 0 Å². The third-order valence-corrected chi connectivity index (χ3v) is 3.30. The molecule has 0 saturated carbocycles. The van der Waals surface area contributed by atoms with Crippen LogP contribution in [0.2, 0.25) is 0 Å². The van der Waals surface area contributed by atoms with Gasteiger partial charge in [-0.1, -0.05) is 31.4 Å². The van der Waals surface area contributed by atoms with Crippen molar-refractivity contribution in [1.29, 1.82) is 0 Å². The van der Waals surface area contributed by atoms with Crippen LogP contribution in [-0.4, -0.2) is 23.1 Å². The van der Waals surface area contributed by atoms with E-state index >= 15 is 0 Å². The number of nitrogen functional groups attached to an aromatic ring is 1. The summed E-state index contributed by atoms with van der Waals surface area (Å²) >= 11 is 0. The van der Waals surface area contributed by atoms with Crippen LogP contribution in [0.1, 0.15) is 32.1 Å². The first-order valence-electron chi connectivity index (χ1n) is 7.27. The highest BCUT2D eigenvalue weighted by atomic mass is 35.5. The van der Waals surface area contributed by atoms with Crippen molar-refractivity contribution in [3.8, 4) is 0 Å². The van der Waals surface area contributed by atoms with Crippen molar-refractivity contribution < 1.29 is 0 Å². The smallest absolute Gasteiger partial charge is 0.225 e. The van der Waals surface area contributed by atoms with Gasteiger partial charge < -0.3 is 16.8 Å². The van der Waals surface area contributed by atoms with E-state index in [4.69, 9.17) is 11.5 Å². The molecule has 21 heavy (non-hydrogen) atoms. The van der Waals surface area contributed by atoms with Crippen LogP contribution < -0.4 is 16.8 Å². The zero-order chi connectivity index (χ0) is 14.2. The number of fused-ring (bicyclic) bond motifs is 1. The lowest BCUT2D eigenvalue weighted by Gasteiger charge is -2.07. The predicted molar refractivity (Wildman–Crippen MR) is 91.8 cm³/mol. The van der Waals surface area contributed by atoms with Crippen LogP contribution in [0.15, 0.2) is 24.3 Å². The summed E-state index contributed by atoms with van der Waals surface area (Å²) in [6, 6.07) is 7.78. The fourth-order valence-electron chi connectivity index (χ4n) is 2.18. The van der Waals surface area contributed by atoms with Gasteiger partial charge in [-0.2, -0.15) is 4.98 Å². The molecular weight excluding hydrogens is 286 g/mol. The second kappa shape index (κ2) is 9.37. The van der Waals surface area contributed by atoms with Gasteiger partial charge in [0.15, 0.2) is 0 Å². The maximum Gasteiger partial charge on any atom is 0.225 e. The molecule has 0 saturated heterocycles. The van der Waals surface area contributed by atoms with E-state index in [1.54, 1.807) is 0 Å². The molecule has 6 heteroatoms. The Morgan fingerprint density at radius 3 is 2.48 bits per heavy atom. The van der Waals surface area contributed by atoms with E-state index in [1.807, 2.05) is 24.3 Å². The normalized spacial score (nSPS) is 10.3. The molecule has 1 aromatic heterocycles. The Morgan fingerprint density at radius 1 is 0.952 bits per heavy atom. The Bertz CT molecular complexity index is 547. The van der Waals surface area contributed by atoms with Gasteiger partial charge in [0, 0.05) is 11.9 Å². The third kappa shape index (κ3) is 5.36. The summed E-state index contributed by atoms with van der Waals surface area (Å²) in [4.78, 5) is 8.75. The Labute approximate surface area is 131 Å². The average Bonchev–Trinajstić information content (AvgIpc) is 2.46. The molecule has 0 aliphatic rings. The molecule has 0 radical (unpaired) electrons. The quantitative estimate of drug-likeness (QED) is 0.652. The summed E-state index contributed by atoms with van der Waals surface area (Å²) in [6.07, 6.45) is 5.89. The number of rotatable bonds is 8. The summed E-state index contributed by atoms with van der Waals surface area (Å²) < 4.78 is 0. The fourth-order valence-corrected chi connectivity index (χ4v) is 2.18. The Hall–Kier alpha value is -1.59. The Balaban J connectivity index is 0.00000220. The zero-order valence-corrected chi connectivity index (χ0v) is 13.0. The van der Waals surface area contributed by atoms with Crippen LogP contribution in [0.25, 0.3) is 10.9 Å². The number of benzene rings is 1. The van der Waals surface area contributed by atoms with Gasteiger partial charge >= 0.3 is 0 Å². The molecule has 2 rings (SSSR count). The van der Waals surface area contributed by atoms with Gasteiger partial charge in [-0.3, -0.25) is 0 Å². The molecule has 0 atom stereocenters. The Morgan fingerprint density at radius 2 is 1.67 bits per heavy atom. The van der Waals surface area contributed by atoms with E-state index < -0.39 is 0 Å². The van der Waals surface area contributed by atoms with Crippen LogP contribution in [0.5, 0.6) is 0 Å². The first-order chi connectivity index (χ1) is 9.81. The molecule has 0 aliphatic heterocycles. The number of nitrogens with one attached hydrogen (secondary N) is 1. The van der Waals surface area contributed by atoms with E-state index in [1.165, 1.54) is 19.3 Å². The predicted octanol–water partition coefficient (Wildman–Crippen LogP) is 2.95. The molecule has 5 nitrogen and oxygen atoms in total. The summed E-state index contributed by atoms with van der Waals surface area (Å²) in [7, 11) is 0. The molecule has 1 heterocycles. The van der Waals surface area contributed by atoms with Crippen molar-refractivity contribution in [3.05, 3.63) is 24.3 Å². The van der Waals surface area contributed by atoms with Gasteiger partial charge in [0.25, 0.3) is 0 Å². The SMILES string of the molecule is Cl.NCCCCCCCNc1nc(N)c2ccccc2n1. The number of halogens is 1. The van der Waals surface area contributed by atoms with E-state index in [0.717, 1.165) is 36.8 Å². The first kappa shape index (κ1) is 17.5. The van der Waals surface area contributed by atoms with Crippen LogP contribution >= 0.6 is 12.4 Å². The van der Waals surface area contributed by atoms with Crippen molar-refractivity contribution >= 4 is 35.1 Å². The molecule has 0 aliphatic carbocycles. The van der Waals surface area contributed by atoms with E-state index in [2.05, 4.69) is 15.3 Å². The number of para-hydroxylation sites is 1. The van der Waals surface area contributed by atoms with Crippen LogP contribution in [0.3, 0.4) is 0 Å². The molecule has 116 valence electrons. The Kier molecular flexibility index (Phi) is 7.79. The van der Waals surface area contributed by atoms with Crippen molar-refractivity contribution in [3.63, 3.8) is 0 Å². The average molecular weight is 310 g/mol. The van der Waals surface area contributed by atoms with E-state index in [-0.39, 0.29) is 12.4 Å². The minimum atomic E-state index is 0. The second-order valence-corrected chi connectivity index (χ2v) is 4.93. The van der Waals surface area contributed by atoms with Gasteiger partial charge in [-0.05, 0) is 31.5 Å². The van der Waals surface area contributed by atoms with Gasteiger partial charge in [-0.25, -0.2) is 4.98 Å². The van der Waals surface area contributed by atoms with Crippen LogP contribution in [-0.2, 0) is 0 Å². The van der Waals surface area contributed by atoms with Gasteiger partial charge in [0.1, 0.15) is 5.82 Å². The number of nitrogens with zero attached hydrogens (tertiary/aromatic N) is 2. The van der Waals surface area contributed by atoms with Crippen molar-refractivity contribution in [2.75, 3.05) is 24.1 Å². The highest BCUT2D eigenvalue weighted by Crippen LogP contribution is 2.18. The number of hydrogen-bond acceptors (Lipinski definition) is 5. The summed E-state index contributed by atoms with van der Waals surface area (Å²) in [5, 5.41) is 4.14. The summed E-state index contributed by atoms with van der Waals surface area (Å²) in [5.74, 6) is 1.14. The second-order valence-electron chi connectivity index (χ2n) is 4.93.